The van der Waals surface area contributed by atoms with Gasteiger partial charge in [0.25, 0.3) is 0 Å². The van der Waals surface area contributed by atoms with Crippen molar-refractivity contribution in [2.24, 2.45) is 0 Å². The Bertz CT molecular complexity index is 1240. The van der Waals surface area contributed by atoms with Gasteiger partial charge in [-0.1, -0.05) is 80.1 Å². The van der Waals surface area contributed by atoms with E-state index in [1.165, 1.54) is 155 Å². The molecule has 8 heteroatoms. The van der Waals surface area contributed by atoms with E-state index in [4.69, 9.17) is 0 Å². The van der Waals surface area contributed by atoms with Crippen LogP contribution in [0.25, 0.3) is 9.75 Å². The highest BCUT2D eigenvalue weighted by atomic mass is 32.1. The highest BCUT2D eigenvalue weighted by molar-refractivity contribution is 7.23. The molecule has 57 heavy (non-hydrogen) atoms. The summed E-state index contributed by atoms with van der Waals surface area (Å²) in [6, 6.07) is 5.37. The van der Waals surface area contributed by atoms with Gasteiger partial charge in [-0.2, -0.15) is 0 Å². The first-order chi connectivity index (χ1) is 26.8. The Balaban J connectivity index is 1.72. The fraction of sp³-hybridized carbons (Fsp3) is 0.837. The largest absolute Gasteiger partial charge is 0.309 e. The number of hydrogen-bond acceptors (Lipinski definition) is 8. The van der Waals surface area contributed by atoms with Gasteiger partial charge in [-0.15, -0.1) is 22.7 Å². The van der Waals surface area contributed by atoms with Crippen molar-refractivity contribution in [1.29, 1.82) is 0 Å². The molecule has 0 radical (unpaired) electrons. The summed E-state index contributed by atoms with van der Waals surface area (Å²) in [6.45, 7) is 26.7. The number of unbranched alkanes of at least 4 members (excludes halogenated alkanes) is 6. The molecule has 0 spiro atoms. The summed E-state index contributed by atoms with van der Waals surface area (Å²) in [5, 5.41) is 0. The Kier molecular flexibility index (Phi) is 21.8. The molecule has 330 valence electrons. The number of hydrogen-bond donors (Lipinski definition) is 0. The van der Waals surface area contributed by atoms with Crippen LogP contribution in [0.3, 0.4) is 0 Å². The quantitative estimate of drug-likeness (QED) is 0.0726. The molecule has 0 fully saturated rings. The van der Waals surface area contributed by atoms with Gasteiger partial charge in [0.05, 0.1) is 0 Å². The van der Waals surface area contributed by atoms with Crippen LogP contribution in [-0.4, -0.2) is 151 Å². The first kappa shape index (κ1) is 50.5. The minimum atomic E-state index is 0.166. The van der Waals surface area contributed by atoms with Crippen molar-refractivity contribution in [3.63, 3.8) is 0 Å². The van der Waals surface area contributed by atoms with Gasteiger partial charge in [-0.25, -0.2) is 0 Å². The van der Waals surface area contributed by atoms with E-state index < -0.39 is 0 Å². The Labute approximate surface area is 362 Å². The molecule has 0 aliphatic heterocycles. The molecule has 2 heterocycles. The van der Waals surface area contributed by atoms with E-state index in [1.807, 2.05) is 0 Å². The molecule has 0 amide bonds. The number of thiophene rings is 2. The van der Waals surface area contributed by atoms with E-state index in [1.54, 1.807) is 30.6 Å². The highest BCUT2D eigenvalue weighted by Crippen LogP contribution is 2.61. The zero-order valence-electron chi connectivity index (χ0n) is 40.1. The zero-order chi connectivity index (χ0) is 42.2. The molecule has 1 aliphatic carbocycles. The highest BCUT2D eigenvalue weighted by Gasteiger charge is 2.46. The zero-order valence-corrected chi connectivity index (χ0v) is 41.8. The van der Waals surface area contributed by atoms with Crippen molar-refractivity contribution in [3.05, 3.63) is 33.0 Å². The summed E-state index contributed by atoms with van der Waals surface area (Å²) in [7, 11) is 17.6. The molecule has 2 aromatic rings. The maximum Gasteiger partial charge on any atom is 0.0490 e. The van der Waals surface area contributed by atoms with Crippen molar-refractivity contribution < 1.29 is 0 Å². The fourth-order valence-corrected chi connectivity index (χ4v) is 11.5. The topological polar surface area (TPSA) is 19.4 Å². The van der Waals surface area contributed by atoms with Gasteiger partial charge in [0, 0.05) is 24.9 Å². The first-order valence-electron chi connectivity index (χ1n) is 23.2. The predicted molar refractivity (Wildman–Crippen MR) is 258 cm³/mol. The van der Waals surface area contributed by atoms with E-state index in [-0.39, 0.29) is 16.2 Å². The molecule has 0 saturated heterocycles. The normalized spacial score (nSPS) is 14.5. The number of rotatable bonds is 30. The molecule has 0 N–H and O–H groups in total. The van der Waals surface area contributed by atoms with E-state index in [0.717, 1.165) is 0 Å². The smallest absolute Gasteiger partial charge is 0.0490 e. The van der Waals surface area contributed by atoms with Crippen LogP contribution >= 0.6 is 22.7 Å². The van der Waals surface area contributed by atoms with Crippen LogP contribution in [0.4, 0.5) is 0 Å². The predicted octanol–water partition coefficient (Wildman–Crippen LogP) is 11.0. The van der Waals surface area contributed by atoms with Crippen molar-refractivity contribution in [1.82, 2.24) is 29.4 Å². The lowest BCUT2D eigenvalue weighted by molar-refractivity contribution is 0.235. The average molecular weight is 829 g/mol. The van der Waals surface area contributed by atoms with Gasteiger partial charge in [0.2, 0.25) is 0 Å². The maximum absolute atomic E-state index is 2.76. The first-order valence-corrected chi connectivity index (χ1v) is 24.8. The lowest BCUT2D eigenvalue weighted by Gasteiger charge is -2.32. The Hall–Kier alpha value is -0.840. The van der Waals surface area contributed by atoms with Crippen molar-refractivity contribution in [2.45, 2.75) is 148 Å². The SMILES string of the molecule is CN(C)CCCN(CCCCCCC1(CCCCCCN(CCCN(C)C)CCCN(C)C)c2cc(C(C)(C)C)sc2-c2sc(C(C)(C)C)cc21)CCCN(C)C. The summed E-state index contributed by atoms with van der Waals surface area (Å²) in [6.07, 6.45) is 18.4. The fourth-order valence-electron chi connectivity index (χ4n) is 8.72. The minimum Gasteiger partial charge on any atom is -0.309 e. The van der Waals surface area contributed by atoms with Gasteiger partial charge >= 0.3 is 0 Å². The maximum atomic E-state index is 2.76. The second-order valence-corrected chi connectivity index (χ2v) is 23.0. The molecule has 0 bridgehead atoms. The van der Waals surface area contributed by atoms with Crippen molar-refractivity contribution in [2.75, 3.05) is 122 Å². The average Bonchev–Trinajstić information content (AvgIpc) is 3.80. The molecule has 0 saturated carbocycles. The summed E-state index contributed by atoms with van der Waals surface area (Å²) >= 11 is 4.24. The van der Waals surface area contributed by atoms with Crippen LogP contribution in [0, 0.1) is 0 Å². The molecule has 0 atom stereocenters. The van der Waals surface area contributed by atoms with Gasteiger partial charge in [0.1, 0.15) is 0 Å². The van der Waals surface area contributed by atoms with Crippen LogP contribution < -0.4 is 0 Å². The second-order valence-electron chi connectivity index (χ2n) is 20.9. The van der Waals surface area contributed by atoms with E-state index in [2.05, 4.69) is 162 Å². The van der Waals surface area contributed by atoms with E-state index in [0.29, 0.717) is 0 Å². The monoisotopic (exact) mass is 829 g/mol. The molecule has 0 unspecified atom stereocenters. The van der Waals surface area contributed by atoms with Gasteiger partial charge in [-0.05, 0) is 207 Å². The van der Waals surface area contributed by atoms with Gasteiger partial charge in [0.15, 0.2) is 0 Å². The summed E-state index contributed by atoms with van der Waals surface area (Å²) in [4.78, 5) is 21.2. The van der Waals surface area contributed by atoms with Crippen LogP contribution in [0.5, 0.6) is 0 Å². The molecule has 6 nitrogen and oxygen atoms in total. The van der Waals surface area contributed by atoms with Crippen molar-refractivity contribution in [3.8, 4) is 9.75 Å². The molecular weight excluding hydrogens is 737 g/mol. The van der Waals surface area contributed by atoms with Crippen LogP contribution in [0.2, 0.25) is 0 Å². The standard InChI is InChI=1S/C49H92N6S2/c1-47(2,3)43-39-41-45(56-43)46-42(40-44(57-46)48(4,5)6)49(41,27-19-15-17-21-33-54(35-23-29-50(7)8)36-24-30-51(9)10)28-20-16-18-22-34-55(37-25-31-52(11)12)38-26-32-53(13)14/h39-40H,15-38H2,1-14H3. The summed E-state index contributed by atoms with van der Waals surface area (Å²) in [5.41, 5.74) is 3.92. The Morgan fingerprint density at radius 3 is 0.947 bits per heavy atom. The molecule has 3 rings (SSSR count). The molecule has 0 aromatic carbocycles. The lowest BCUT2D eigenvalue weighted by atomic mass is 9.70. The van der Waals surface area contributed by atoms with Crippen LogP contribution in [-0.2, 0) is 16.2 Å². The Morgan fingerprint density at radius 2 is 0.667 bits per heavy atom. The summed E-state index contributed by atoms with van der Waals surface area (Å²) < 4.78 is 0. The third-order valence-corrected chi connectivity index (χ3v) is 15.4. The van der Waals surface area contributed by atoms with E-state index in [9.17, 15) is 0 Å². The third-order valence-electron chi connectivity index (χ3n) is 12.2. The van der Waals surface area contributed by atoms with Crippen molar-refractivity contribution >= 4 is 22.7 Å². The number of nitrogens with zero attached hydrogens (tertiary/aromatic N) is 6. The van der Waals surface area contributed by atoms with E-state index >= 15 is 0 Å². The molecule has 2 aromatic heterocycles. The number of fused-ring (bicyclic) bond motifs is 3. The molecule has 1 aliphatic rings. The molecular formula is C49H92N6S2. The Morgan fingerprint density at radius 1 is 0.386 bits per heavy atom. The van der Waals surface area contributed by atoms with Gasteiger partial charge in [-0.3, -0.25) is 0 Å². The van der Waals surface area contributed by atoms with Crippen LogP contribution in [0.15, 0.2) is 12.1 Å². The summed E-state index contributed by atoms with van der Waals surface area (Å²) in [5.74, 6) is 0. The van der Waals surface area contributed by atoms with Gasteiger partial charge < -0.3 is 29.4 Å². The second kappa shape index (κ2) is 24.6. The minimum absolute atomic E-state index is 0.166. The lowest BCUT2D eigenvalue weighted by Crippen LogP contribution is -2.31. The van der Waals surface area contributed by atoms with Crippen LogP contribution in [0.1, 0.15) is 152 Å². The third kappa shape index (κ3) is 17.2.